The molecule has 1 rings (SSSR count). The number of unbranched alkanes of at least 4 members (excludes halogenated alkanes) is 2. The smallest absolute Gasteiger partial charge is 0.305 e. The number of thiophene rings is 1. The number of nitrogens with zero attached hydrogens (tertiary/aromatic N) is 1. The van der Waals surface area contributed by atoms with Crippen LogP contribution in [0.3, 0.4) is 0 Å². The van der Waals surface area contributed by atoms with E-state index in [9.17, 15) is 4.79 Å². The molecule has 0 saturated carbocycles. The molecule has 0 unspecified atom stereocenters. The molecule has 0 saturated heterocycles. The second-order valence-corrected chi connectivity index (χ2v) is 6.50. The van der Waals surface area contributed by atoms with Crippen LogP contribution in [0.5, 0.6) is 0 Å². The normalized spacial score (nSPS) is 10.9. The van der Waals surface area contributed by atoms with E-state index in [0.29, 0.717) is 13.0 Å². The van der Waals surface area contributed by atoms with Crippen LogP contribution in [0.1, 0.15) is 37.5 Å². The zero-order valence-corrected chi connectivity index (χ0v) is 14.1. The monoisotopic (exact) mass is 347 g/mol. The molecule has 0 radical (unpaired) electrons. The topological polar surface area (TPSA) is 29.5 Å². The van der Waals surface area contributed by atoms with Crippen LogP contribution < -0.4 is 0 Å². The Morgan fingerprint density at radius 2 is 2.21 bits per heavy atom. The van der Waals surface area contributed by atoms with Gasteiger partial charge in [0, 0.05) is 27.7 Å². The lowest BCUT2D eigenvalue weighted by molar-refractivity contribution is -0.143. The summed E-state index contributed by atoms with van der Waals surface area (Å²) in [5, 5.41) is 2.11. The molecule has 0 N–H and O–H groups in total. The van der Waals surface area contributed by atoms with Crippen molar-refractivity contribution >= 4 is 33.2 Å². The first-order valence-corrected chi connectivity index (χ1v) is 8.36. The maximum Gasteiger partial charge on any atom is 0.305 e. The zero-order valence-electron chi connectivity index (χ0n) is 11.7. The minimum absolute atomic E-state index is 0.0701. The summed E-state index contributed by atoms with van der Waals surface area (Å²) in [5.41, 5.74) is 0. The molecule has 1 aromatic rings. The molecule has 0 spiro atoms. The largest absolute Gasteiger partial charge is 0.466 e. The quantitative estimate of drug-likeness (QED) is 0.498. The lowest BCUT2D eigenvalue weighted by atomic mass is 10.2. The molecule has 0 atom stereocenters. The molecular formula is C14H22BrNO2S. The van der Waals surface area contributed by atoms with Gasteiger partial charge >= 0.3 is 5.97 Å². The van der Waals surface area contributed by atoms with E-state index in [-0.39, 0.29) is 5.97 Å². The fraction of sp³-hybridized carbons (Fsp3) is 0.643. The van der Waals surface area contributed by atoms with Crippen LogP contribution in [0, 0.1) is 0 Å². The summed E-state index contributed by atoms with van der Waals surface area (Å²) in [6.45, 7) is 4.39. The molecule has 19 heavy (non-hydrogen) atoms. The number of esters is 1. The summed E-state index contributed by atoms with van der Waals surface area (Å²) in [6.07, 6.45) is 3.69. The van der Waals surface area contributed by atoms with Gasteiger partial charge in [-0.05, 0) is 55.4 Å². The fourth-order valence-corrected chi connectivity index (χ4v) is 3.37. The first-order chi connectivity index (χ1) is 9.11. The second-order valence-electron chi connectivity index (χ2n) is 4.58. The van der Waals surface area contributed by atoms with Gasteiger partial charge in [0.15, 0.2) is 0 Å². The number of carbonyl (C=O) groups is 1. The Balaban J connectivity index is 2.04. The molecule has 0 aliphatic heterocycles. The number of ether oxygens (including phenoxy) is 1. The number of rotatable bonds is 9. The van der Waals surface area contributed by atoms with E-state index >= 15 is 0 Å². The van der Waals surface area contributed by atoms with Crippen molar-refractivity contribution in [1.29, 1.82) is 0 Å². The van der Waals surface area contributed by atoms with Gasteiger partial charge in [-0.1, -0.05) is 6.42 Å². The summed E-state index contributed by atoms with van der Waals surface area (Å²) in [5.74, 6) is -0.0701. The third kappa shape index (κ3) is 7.70. The molecular weight excluding hydrogens is 326 g/mol. The summed E-state index contributed by atoms with van der Waals surface area (Å²) in [6, 6.07) is 2.17. The molecule has 0 amide bonds. The van der Waals surface area contributed by atoms with E-state index in [1.54, 1.807) is 11.3 Å². The van der Waals surface area contributed by atoms with E-state index in [0.717, 1.165) is 36.8 Å². The molecule has 0 bridgehead atoms. The first-order valence-electron chi connectivity index (χ1n) is 6.69. The molecule has 0 aromatic carbocycles. The highest BCUT2D eigenvalue weighted by molar-refractivity contribution is 9.10. The third-order valence-electron chi connectivity index (χ3n) is 2.77. The van der Waals surface area contributed by atoms with Crippen molar-refractivity contribution in [3.63, 3.8) is 0 Å². The number of hydrogen-bond acceptors (Lipinski definition) is 4. The minimum atomic E-state index is -0.0701. The summed E-state index contributed by atoms with van der Waals surface area (Å²) >= 11 is 5.25. The number of carbonyl (C=O) groups excluding carboxylic acids is 1. The average Bonchev–Trinajstić information content (AvgIpc) is 2.74. The summed E-state index contributed by atoms with van der Waals surface area (Å²) in [7, 11) is 2.14. The average molecular weight is 348 g/mol. The van der Waals surface area contributed by atoms with Crippen molar-refractivity contribution in [1.82, 2.24) is 4.90 Å². The Kier molecular flexibility index (Phi) is 8.34. The van der Waals surface area contributed by atoms with Crippen LogP contribution in [0.15, 0.2) is 15.9 Å². The van der Waals surface area contributed by atoms with Gasteiger partial charge in [-0.3, -0.25) is 4.79 Å². The molecule has 3 nitrogen and oxygen atoms in total. The van der Waals surface area contributed by atoms with Crippen molar-refractivity contribution in [2.45, 2.75) is 39.2 Å². The molecule has 0 aliphatic rings. The molecule has 1 aromatic heterocycles. The second kappa shape index (κ2) is 9.50. The molecule has 0 aliphatic carbocycles. The van der Waals surface area contributed by atoms with Crippen molar-refractivity contribution in [3.05, 3.63) is 20.8 Å². The van der Waals surface area contributed by atoms with Crippen molar-refractivity contribution in [2.24, 2.45) is 0 Å². The van der Waals surface area contributed by atoms with Crippen molar-refractivity contribution in [3.8, 4) is 0 Å². The highest BCUT2D eigenvalue weighted by atomic mass is 79.9. The Hall–Kier alpha value is -0.390. The Morgan fingerprint density at radius 3 is 2.84 bits per heavy atom. The van der Waals surface area contributed by atoms with Gasteiger partial charge < -0.3 is 9.64 Å². The van der Waals surface area contributed by atoms with Crippen LogP contribution in [0.4, 0.5) is 0 Å². The van der Waals surface area contributed by atoms with E-state index in [2.05, 4.69) is 39.3 Å². The predicted octanol–water partition coefficient (Wildman–Crippen LogP) is 4.07. The van der Waals surface area contributed by atoms with E-state index in [1.165, 1.54) is 4.88 Å². The number of halogens is 1. The first kappa shape index (κ1) is 16.7. The SMILES string of the molecule is CCOC(=O)CCCCCN(C)Cc1cc(Br)cs1. The van der Waals surface area contributed by atoms with Crippen LogP contribution >= 0.6 is 27.3 Å². The predicted molar refractivity (Wildman–Crippen MR) is 83.5 cm³/mol. The Morgan fingerprint density at radius 1 is 1.42 bits per heavy atom. The van der Waals surface area contributed by atoms with Crippen molar-refractivity contribution < 1.29 is 9.53 Å². The summed E-state index contributed by atoms with van der Waals surface area (Å²) in [4.78, 5) is 14.8. The third-order valence-corrected chi connectivity index (χ3v) is 4.46. The van der Waals surface area contributed by atoms with Gasteiger partial charge in [-0.15, -0.1) is 11.3 Å². The highest BCUT2D eigenvalue weighted by Crippen LogP contribution is 2.20. The van der Waals surface area contributed by atoms with Gasteiger partial charge in [0.2, 0.25) is 0 Å². The van der Waals surface area contributed by atoms with Crippen molar-refractivity contribution in [2.75, 3.05) is 20.2 Å². The Labute approximate surface area is 128 Å². The van der Waals surface area contributed by atoms with E-state index in [1.807, 2.05) is 6.92 Å². The summed E-state index contributed by atoms with van der Waals surface area (Å²) < 4.78 is 6.06. The van der Waals surface area contributed by atoms with Crippen LogP contribution in [-0.4, -0.2) is 31.1 Å². The van der Waals surface area contributed by atoms with Crippen LogP contribution in [0.2, 0.25) is 0 Å². The fourth-order valence-electron chi connectivity index (χ4n) is 1.84. The van der Waals surface area contributed by atoms with Gasteiger partial charge in [0.25, 0.3) is 0 Å². The molecule has 5 heteroatoms. The van der Waals surface area contributed by atoms with Gasteiger partial charge in [0.05, 0.1) is 6.61 Å². The van der Waals surface area contributed by atoms with E-state index in [4.69, 9.17) is 4.74 Å². The van der Waals surface area contributed by atoms with E-state index < -0.39 is 0 Å². The molecule has 1 heterocycles. The maximum absolute atomic E-state index is 11.1. The molecule has 0 fully saturated rings. The molecule has 108 valence electrons. The van der Waals surface area contributed by atoms with Gasteiger partial charge in [-0.25, -0.2) is 0 Å². The van der Waals surface area contributed by atoms with Gasteiger partial charge in [-0.2, -0.15) is 0 Å². The number of hydrogen-bond donors (Lipinski definition) is 0. The van der Waals surface area contributed by atoms with Crippen LogP contribution in [-0.2, 0) is 16.1 Å². The highest BCUT2D eigenvalue weighted by Gasteiger charge is 2.04. The lowest BCUT2D eigenvalue weighted by Gasteiger charge is -2.15. The Bertz CT molecular complexity index is 381. The standard InChI is InChI=1S/C14H22BrNO2S/c1-3-18-14(17)7-5-4-6-8-16(2)10-13-9-12(15)11-19-13/h9,11H,3-8,10H2,1-2H3. The maximum atomic E-state index is 11.1. The minimum Gasteiger partial charge on any atom is -0.466 e. The van der Waals surface area contributed by atoms with Crippen LogP contribution in [0.25, 0.3) is 0 Å². The zero-order chi connectivity index (χ0) is 14.1. The van der Waals surface area contributed by atoms with Gasteiger partial charge in [0.1, 0.15) is 0 Å². The lowest BCUT2D eigenvalue weighted by Crippen LogP contribution is -2.18.